The highest BCUT2D eigenvalue weighted by Crippen LogP contribution is 2.45. The largest absolute Gasteiger partial charge is 0.0616 e. The van der Waals surface area contributed by atoms with Gasteiger partial charge in [0.15, 0.2) is 0 Å². The van der Waals surface area contributed by atoms with Gasteiger partial charge in [0.25, 0.3) is 0 Å². The second-order valence-electron chi connectivity index (χ2n) is 10.8. The van der Waals surface area contributed by atoms with Crippen molar-refractivity contribution in [3.8, 4) is 11.1 Å². The Balaban J connectivity index is 1.41. The van der Waals surface area contributed by atoms with Crippen molar-refractivity contribution in [3.63, 3.8) is 0 Å². The highest BCUT2D eigenvalue weighted by atomic mass is 14.2. The molecule has 40 heavy (non-hydrogen) atoms. The average molecular weight is 504 g/mol. The summed E-state index contributed by atoms with van der Waals surface area (Å²) >= 11 is 0. The molecule has 8 aromatic carbocycles. The average Bonchev–Trinajstić information content (AvgIpc) is 3.39. The molecule has 0 saturated carbocycles. The van der Waals surface area contributed by atoms with Crippen molar-refractivity contribution in [2.45, 2.75) is 0 Å². The van der Waals surface area contributed by atoms with Crippen molar-refractivity contribution in [3.05, 3.63) is 156 Å². The van der Waals surface area contributed by atoms with Gasteiger partial charge in [0.1, 0.15) is 0 Å². The summed E-state index contributed by atoms with van der Waals surface area (Å²) in [6.07, 6.45) is 2.38. The third-order valence-corrected chi connectivity index (χ3v) is 8.62. The van der Waals surface area contributed by atoms with Crippen LogP contribution in [0.15, 0.2) is 133 Å². The minimum atomic E-state index is 1.14. The van der Waals surface area contributed by atoms with Crippen LogP contribution in [0.5, 0.6) is 0 Å². The maximum absolute atomic E-state index is 3.94. The molecule has 0 unspecified atom stereocenters. The number of hydrogen-bond acceptors (Lipinski definition) is 0. The summed E-state index contributed by atoms with van der Waals surface area (Å²) in [4.78, 5) is 0. The fourth-order valence-electron chi connectivity index (χ4n) is 6.76. The predicted octanol–water partition coefficient (Wildman–Crippen LogP) is 10.8. The third kappa shape index (κ3) is 3.08. The molecule has 1 aliphatic carbocycles. The summed E-state index contributed by atoms with van der Waals surface area (Å²) in [7, 11) is 0. The molecule has 1 radical (unpaired) electrons. The van der Waals surface area contributed by atoms with Crippen LogP contribution in [0.1, 0.15) is 16.7 Å². The third-order valence-electron chi connectivity index (χ3n) is 8.62. The van der Waals surface area contributed by atoms with E-state index in [0.29, 0.717) is 0 Å². The molecule has 0 fully saturated rings. The highest BCUT2D eigenvalue weighted by Gasteiger charge is 2.22. The van der Waals surface area contributed by atoms with Gasteiger partial charge in [-0.05, 0) is 118 Å². The zero-order chi connectivity index (χ0) is 26.2. The van der Waals surface area contributed by atoms with Gasteiger partial charge in [-0.3, -0.25) is 0 Å². The van der Waals surface area contributed by atoms with E-state index in [0.717, 1.165) is 10.9 Å². The molecule has 9 rings (SSSR count). The second kappa shape index (κ2) is 8.15. The fourth-order valence-corrected chi connectivity index (χ4v) is 6.76. The van der Waals surface area contributed by atoms with Crippen molar-refractivity contribution in [2.24, 2.45) is 0 Å². The smallest absolute Gasteiger partial charge is 0.000740 e. The Morgan fingerprint density at radius 1 is 0.400 bits per heavy atom. The lowest BCUT2D eigenvalue weighted by Crippen LogP contribution is -1.94. The van der Waals surface area contributed by atoms with Gasteiger partial charge in [-0.2, -0.15) is 0 Å². The summed E-state index contributed by atoms with van der Waals surface area (Å²) in [6.45, 7) is 0. The summed E-state index contributed by atoms with van der Waals surface area (Å²) in [5.74, 6) is 0. The first-order valence-corrected chi connectivity index (χ1v) is 13.9. The van der Waals surface area contributed by atoms with Crippen molar-refractivity contribution < 1.29 is 0 Å². The van der Waals surface area contributed by atoms with Crippen LogP contribution in [0.2, 0.25) is 0 Å². The Bertz CT molecular complexity index is 2360. The molecule has 1 aliphatic rings. The van der Waals surface area contributed by atoms with E-state index in [-0.39, 0.29) is 0 Å². The van der Waals surface area contributed by atoms with E-state index in [2.05, 4.69) is 146 Å². The van der Waals surface area contributed by atoms with E-state index in [1.54, 1.807) is 0 Å². The maximum Gasteiger partial charge on any atom is -0.000740 e. The Labute approximate surface area is 232 Å². The summed E-state index contributed by atoms with van der Waals surface area (Å²) < 4.78 is 0. The van der Waals surface area contributed by atoms with E-state index >= 15 is 0 Å². The Kier molecular flexibility index (Phi) is 4.42. The molecular formula is C40H23. The van der Waals surface area contributed by atoms with Gasteiger partial charge in [-0.1, -0.05) is 115 Å². The van der Waals surface area contributed by atoms with Crippen molar-refractivity contribution >= 4 is 65.5 Å². The van der Waals surface area contributed by atoms with Crippen molar-refractivity contribution in [2.75, 3.05) is 0 Å². The topological polar surface area (TPSA) is 0 Å². The molecular weight excluding hydrogens is 480 g/mol. The minimum Gasteiger partial charge on any atom is -0.0616 e. The van der Waals surface area contributed by atoms with Crippen LogP contribution in [-0.4, -0.2) is 0 Å². The lowest BCUT2D eigenvalue weighted by molar-refractivity contribution is 1.61. The molecule has 0 nitrogen and oxygen atoms in total. The van der Waals surface area contributed by atoms with Crippen LogP contribution < -0.4 is 0 Å². The highest BCUT2D eigenvalue weighted by molar-refractivity contribution is 6.18. The maximum atomic E-state index is 3.94. The quantitative estimate of drug-likeness (QED) is 0.163. The van der Waals surface area contributed by atoms with Crippen LogP contribution in [0.3, 0.4) is 0 Å². The first kappa shape index (κ1) is 21.7. The normalized spacial score (nSPS) is 12.7. The molecule has 0 atom stereocenters. The van der Waals surface area contributed by atoms with Crippen LogP contribution in [0.25, 0.3) is 76.6 Å². The monoisotopic (exact) mass is 503 g/mol. The van der Waals surface area contributed by atoms with Crippen LogP contribution in [0, 0.1) is 6.07 Å². The van der Waals surface area contributed by atoms with E-state index in [1.165, 1.54) is 76.3 Å². The van der Waals surface area contributed by atoms with Gasteiger partial charge in [0.2, 0.25) is 0 Å². The van der Waals surface area contributed by atoms with Gasteiger partial charge in [-0.25, -0.2) is 0 Å². The van der Waals surface area contributed by atoms with E-state index in [4.69, 9.17) is 0 Å². The molecule has 0 aromatic heterocycles. The molecule has 0 bridgehead atoms. The summed E-state index contributed by atoms with van der Waals surface area (Å²) in [5, 5.41) is 12.6. The van der Waals surface area contributed by atoms with Gasteiger partial charge >= 0.3 is 0 Å². The first-order valence-electron chi connectivity index (χ1n) is 13.9. The van der Waals surface area contributed by atoms with Crippen molar-refractivity contribution in [1.82, 2.24) is 0 Å². The van der Waals surface area contributed by atoms with Crippen molar-refractivity contribution in [1.29, 1.82) is 0 Å². The predicted molar refractivity (Wildman–Crippen MR) is 172 cm³/mol. The fraction of sp³-hybridized carbons (Fsp3) is 0. The van der Waals surface area contributed by atoms with Crippen LogP contribution in [-0.2, 0) is 0 Å². The Morgan fingerprint density at radius 3 is 1.98 bits per heavy atom. The summed E-state index contributed by atoms with van der Waals surface area (Å²) in [6, 6.07) is 52.8. The molecule has 0 heteroatoms. The molecule has 0 saturated heterocycles. The number of fused-ring (bicyclic) bond motifs is 5. The zero-order valence-electron chi connectivity index (χ0n) is 21.8. The lowest BCUT2D eigenvalue weighted by Gasteiger charge is -2.17. The molecule has 0 N–H and O–H groups in total. The SMILES string of the molecule is [c]1c(-c2cccc3cc4ccccc4cc23)c(C2=Cc3cccc4cccc2c34)cc2c1ccc1ccccc12. The van der Waals surface area contributed by atoms with Crippen LogP contribution >= 0.6 is 0 Å². The molecule has 0 heterocycles. The van der Waals surface area contributed by atoms with Gasteiger partial charge in [0, 0.05) is 0 Å². The molecule has 0 amide bonds. The zero-order valence-corrected chi connectivity index (χ0v) is 21.8. The lowest BCUT2D eigenvalue weighted by atomic mass is 9.86. The van der Waals surface area contributed by atoms with Gasteiger partial charge < -0.3 is 0 Å². The van der Waals surface area contributed by atoms with E-state index < -0.39 is 0 Å². The van der Waals surface area contributed by atoms with Gasteiger partial charge in [0.05, 0.1) is 0 Å². The summed E-state index contributed by atoms with van der Waals surface area (Å²) in [5.41, 5.74) is 7.46. The Hall–Kier alpha value is -5.20. The molecule has 0 spiro atoms. The standard InChI is InChI=1S/C40H23/c1-2-10-28-21-35-29(20-27(28)9-1)13-7-16-33(35)37-22-30-19-18-25-8-3-4-15-32(25)36(30)24-39(37)38-23-31-14-5-11-26-12-6-17-34(38)40(26)31/h1-21,23-24H. The minimum absolute atomic E-state index is 1.14. The van der Waals surface area contributed by atoms with Gasteiger partial charge in [-0.15, -0.1) is 0 Å². The number of rotatable bonds is 2. The number of benzene rings is 8. The van der Waals surface area contributed by atoms with Crippen LogP contribution in [0.4, 0.5) is 0 Å². The van der Waals surface area contributed by atoms with E-state index in [9.17, 15) is 0 Å². The molecule has 0 aliphatic heterocycles. The second-order valence-corrected chi connectivity index (χ2v) is 10.8. The Morgan fingerprint density at radius 2 is 1.10 bits per heavy atom. The first-order chi connectivity index (χ1) is 19.8. The number of hydrogen-bond donors (Lipinski definition) is 0. The molecule has 183 valence electrons. The molecule has 8 aromatic rings. The van der Waals surface area contributed by atoms with E-state index in [1.807, 2.05) is 0 Å².